The lowest BCUT2D eigenvalue weighted by Crippen LogP contribution is -2.30. The maximum absolute atomic E-state index is 13.5. The van der Waals surface area contributed by atoms with Crippen LogP contribution in [-0.2, 0) is 20.4 Å². The molecule has 1 unspecified atom stereocenters. The summed E-state index contributed by atoms with van der Waals surface area (Å²) in [5.74, 6) is -2.83. The van der Waals surface area contributed by atoms with Gasteiger partial charge in [0.1, 0.15) is 5.82 Å². The van der Waals surface area contributed by atoms with Crippen LogP contribution < -0.4 is 0 Å². The highest BCUT2D eigenvalue weighted by molar-refractivity contribution is 7.92. The van der Waals surface area contributed by atoms with Crippen LogP contribution in [0.5, 0.6) is 0 Å². The zero-order valence-corrected chi connectivity index (χ0v) is 11.1. The molecule has 0 aliphatic carbocycles. The highest BCUT2D eigenvalue weighted by atomic mass is 35.5. The molecule has 0 aliphatic rings. The van der Waals surface area contributed by atoms with E-state index in [1.807, 2.05) is 0 Å². The van der Waals surface area contributed by atoms with Crippen LogP contribution in [0, 0.1) is 5.82 Å². The van der Waals surface area contributed by atoms with Crippen molar-refractivity contribution in [3.8, 4) is 0 Å². The first-order valence-electron chi connectivity index (χ1n) is 5.16. The number of carboxylic acids is 1. The van der Waals surface area contributed by atoms with E-state index in [4.69, 9.17) is 16.7 Å². The molecule has 0 radical (unpaired) electrons. The van der Waals surface area contributed by atoms with E-state index in [1.165, 1.54) is 19.1 Å². The summed E-state index contributed by atoms with van der Waals surface area (Å²) >= 11 is 5.54. The van der Waals surface area contributed by atoms with Crippen LogP contribution >= 0.6 is 11.6 Å². The third-order valence-electron chi connectivity index (χ3n) is 2.45. The van der Waals surface area contributed by atoms with E-state index in [0.717, 1.165) is 6.07 Å². The van der Waals surface area contributed by atoms with Gasteiger partial charge in [-0.1, -0.05) is 24.6 Å². The molecule has 1 N–H and O–H groups in total. The number of benzene rings is 1. The normalized spacial score (nSPS) is 13.3. The number of halogens is 2. The van der Waals surface area contributed by atoms with Gasteiger partial charge >= 0.3 is 5.97 Å². The molecular formula is C11H12ClFO4S. The Labute approximate surface area is 109 Å². The Morgan fingerprint density at radius 1 is 1.50 bits per heavy atom. The average Bonchev–Trinajstić information content (AvgIpc) is 2.22. The molecule has 7 heteroatoms. The first-order chi connectivity index (χ1) is 8.27. The van der Waals surface area contributed by atoms with Crippen LogP contribution in [0.15, 0.2) is 18.2 Å². The standard InChI is InChI=1S/C11H12ClFO4S/c1-2-10(11(14)15)18(16,17)6-7-3-4-8(12)5-9(7)13/h3-5,10H,2,6H2,1H3,(H,14,15). The number of aliphatic carboxylic acids is 1. The van der Waals surface area contributed by atoms with Gasteiger partial charge in [-0.2, -0.15) is 0 Å². The summed E-state index contributed by atoms with van der Waals surface area (Å²) < 4.78 is 37.1. The van der Waals surface area contributed by atoms with Crippen molar-refractivity contribution in [2.75, 3.05) is 0 Å². The van der Waals surface area contributed by atoms with Gasteiger partial charge in [0.05, 0.1) is 5.75 Å². The molecule has 1 aromatic carbocycles. The van der Waals surface area contributed by atoms with Crippen LogP contribution in [0.1, 0.15) is 18.9 Å². The fraction of sp³-hybridized carbons (Fsp3) is 0.364. The first-order valence-corrected chi connectivity index (χ1v) is 7.25. The van der Waals surface area contributed by atoms with Gasteiger partial charge in [-0.3, -0.25) is 4.79 Å². The van der Waals surface area contributed by atoms with Gasteiger partial charge in [-0.05, 0) is 18.6 Å². The minimum absolute atomic E-state index is 0.0626. The van der Waals surface area contributed by atoms with Gasteiger partial charge < -0.3 is 5.11 Å². The Hall–Kier alpha value is -1.14. The molecule has 1 aromatic rings. The number of sulfone groups is 1. The molecule has 0 bridgehead atoms. The predicted molar refractivity (Wildman–Crippen MR) is 65.7 cm³/mol. The lowest BCUT2D eigenvalue weighted by atomic mass is 10.2. The van der Waals surface area contributed by atoms with Crippen molar-refractivity contribution in [3.63, 3.8) is 0 Å². The van der Waals surface area contributed by atoms with Crippen molar-refractivity contribution in [1.29, 1.82) is 0 Å². The van der Waals surface area contributed by atoms with E-state index >= 15 is 0 Å². The van der Waals surface area contributed by atoms with Gasteiger partial charge in [0.25, 0.3) is 0 Å². The molecule has 0 spiro atoms. The molecule has 0 aromatic heterocycles. The van der Waals surface area contributed by atoms with Crippen molar-refractivity contribution in [2.45, 2.75) is 24.3 Å². The minimum atomic E-state index is -3.94. The predicted octanol–water partition coefficient (Wildman–Crippen LogP) is 2.26. The van der Waals surface area contributed by atoms with Crippen LogP contribution in [-0.4, -0.2) is 24.7 Å². The third-order valence-corrected chi connectivity index (χ3v) is 4.80. The molecule has 4 nitrogen and oxygen atoms in total. The Bertz CT molecular complexity index is 556. The van der Waals surface area contributed by atoms with Gasteiger partial charge in [0.15, 0.2) is 15.1 Å². The molecule has 100 valence electrons. The Balaban J connectivity index is 3.05. The molecule has 1 rings (SSSR count). The highest BCUT2D eigenvalue weighted by Crippen LogP contribution is 2.19. The number of carboxylic acid groups (broad SMARTS) is 1. The Morgan fingerprint density at radius 2 is 2.11 bits per heavy atom. The summed E-state index contributed by atoms with van der Waals surface area (Å²) in [6.45, 7) is 1.45. The summed E-state index contributed by atoms with van der Waals surface area (Å²) in [4.78, 5) is 10.8. The summed E-state index contributed by atoms with van der Waals surface area (Å²) in [5, 5.41) is 7.44. The number of carbonyl (C=O) groups is 1. The minimum Gasteiger partial charge on any atom is -0.480 e. The maximum atomic E-state index is 13.5. The number of hydrogen-bond donors (Lipinski definition) is 1. The summed E-state index contributed by atoms with van der Waals surface area (Å²) in [6, 6.07) is 3.59. The molecule has 0 fully saturated rings. The summed E-state index contributed by atoms with van der Waals surface area (Å²) in [7, 11) is -3.94. The fourth-order valence-corrected chi connectivity index (χ4v) is 3.38. The van der Waals surface area contributed by atoms with Crippen molar-refractivity contribution in [3.05, 3.63) is 34.6 Å². The van der Waals surface area contributed by atoms with E-state index in [9.17, 15) is 17.6 Å². The van der Waals surface area contributed by atoms with Crippen LogP contribution in [0.3, 0.4) is 0 Å². The molecule has 18 heavy (non-hydrogen) atoms. The van der Waals surface area contributed by atoms with Crippen molar-refractivity contribution in [1.82, 2.24) is 0 Å². The summed E-state index contributed by atoms with van der Waals surface area (Å²) in [5.41, 5.74) is -0.0842. The smallest absolute Gasteiger partial charge is 0.321 e. The van der Waals surface area contributed by atoms with Crippen molar-refractivity contribution in [2.24, 2.45) is 0 Å². The highest BCUT2D eigenvalue weighted by Gasteiger charge is 2.31. The van der Waals surface area contributed by atoms with Gasteiger partial charge in [0.2, 0.25) is 0 Å². The molecular weight excluding hydrogens is 283 g/mol. The molecule has 0 amide bonds. The van der Waals surface area contributed by atoms with Gasteiger partial charge in [-0.25, -0.2) is 12.8 Å². The maximum Gasteiger partial charge on any atom is 0.321 e. The zero-order valence-electron chi connectivity index (χ0n) is 9.56. The molecule has 1 atom stereocenters. The molecule has 0 saturated carbocycles. The van der Waals surface area contributed by atoms with Crippen LogP contribution in [0.4, 0.5) is 4.39 Å². The lowest BCUT2D eigenvalue weighted by Gasteiger charge is -2.11. The average molecular weight is 295 g/mol. The van der Waals surface area contributed by atoms with Crippen LogP contribution in [0.2, 0.25) is 5.02 Å². The van der Waals surface area contributed by atoms with Crippen molar-refractivity contribution < 1.29 is 22.7 Å². The lowest BCUT2D eigenvalue weighted by molar-refractivity contribution is -0.136. The number of rotatable bonds is 5. The van der Waals surface area contributed by atoms with Crippen LogP contribution in [0.25, 0.3) is 0 Å². The summed E-state index contributed by atoms with van der Waals surface area (Å²) in [6.07, 6.45) is -0.0626. The molecule has 0 aliphatic heterocycles. The van der Waals surface area contributed by atoms with E-state index in [0.29, 0.717) is 0 Å². The SMILES string of the molecule is CCC(C(=O)O)S(=O)(=O)Cc1ccc(Cl)cc1F. The Kier molecular flexibility index (Phi) is 4.70. The quantitative estimate of drug-likeness (QED) is 0.904. The van der Waals surface area contributed by atoms with Gasteiger partial charge in [-0.15, -0.1) is 0 Å². The van der Waals surface area contributed by atoms with Crippen molar-refractivity contribution >= 4 is 27.4 Å². The molecule has 0 saturated heterocycles. The van der Waals surface area contributed by atoms with E-state index in [2.05, 4.69) is 0 Å². The molecule has 0 heterocycles. The first kappa shape index (κ1) is 14.9. The van der Waals surface area contributed by atoms with E-state index in [-0.39, 0.29) is 17.0 Å². The van der Waals surface area contributed by atoms with E-state index < -0.39 is 32.6 Å². The second-order valence-electron chi connectivity index (χ2n) is 3.78. The van der Waals surface area contributed by atoms with E-state index in [1.54, 1.807) is 0 Å². The number of hydrogen-bond acceptors (Lipinski definition) is 3. The third kappa shape index (κ3) is 3.43. The topological polar surface area (TPSA) is 71.4 Å². The Morgan fingerprint density at radius 3 is 2.56 bits per heavy atom. The zero-order chi connectivity index (χ0) is 13.9. The second kappa shape index (κ2) is 5.67. The second-order valence-corrected chi connectivity index (χ2v) is 6.40. The van der Waals surface area contributed by atoms with Gasteiger partial charge in [0, 0.05) is 10.6 Å². The fourth-order valence-electron chi connectivity index (χ4n) is 1.54. The largest absolute Gasteiger partial charge is 0.480 e. The monoisotopic (exact) mass is 294 g/mol.